The van der Waals surface area contributed by atoms with Crippen LogP contribution < -0.4 is 5.32 Å². The molecule has 1 aliphatic carbocycles. The maximum Gasteiger partial charge on any atom is 0.410 e. The first-order chi connectivity index (χ1) is 14.5. The topological polar surface area (TPSA) is 117 Å². The summed E-state index contributed by atoms with van der Waals surface area (Å²) in [6, 6.07) is 6.11. The zero-order valence-electron chi connectivity index (χ0n) is 17.1. The fourth-order valence-electron chi connectivity index (χ4n) is 3.45. The summed E-state index contributed by atoms with van der Waals surface area (Å²) < 4.78 is 31.8. The molecule has 2 amide bonds. The maximum absolute atomic E-state index is 13.2. The van der Waals surface area contributed by atoms with Crippen LogP contribution in [0.3, 0.4) is 0 Å². The van der Waals surface area contributed by atoms with Crippen molar-refractivity contribution in [1.82, 2.24) is 10.2 Å². The van der Waals surface area contributed by atoms with Crippen molar-refractivity contribution < 1.29 is 22.7 Å². The van der Waals surface area contributed by atoms with E-state index in [1.807, 2.05) is 19.9 Å². The van der Waals surface area contributed by atoms with E-state index in [2.05, 4.69) is 5.32 Å². The molecule has 31 heavy (non-hydrogen) atoms. The average Bonchev–Trinajstić information content (AvgIpc) is 3.29. The van der Waals surface area contributed by atoms with Crippen LogP contribution in [0.15, 0.2) is 23.1 Å². The van der Waals surface area contributed by atoms with Crippen molar-refractivity contribution in [3.63, 3.8) is 0 Å². The molecule has 11 heteroatoms. The Morgan fingerprint density at radius 2 is 2.03 bits per heavy atom. The van der Waals surface area contributed by atoms with Crippen LogP contribution in [-0.2, 0) is 19.4 Å². The van der Waals surface area contributed by atoms with E-state index >= 15 is 0 Å². The number of likely N-dealkylation sites (tertiary alicyclic amines) is 1. The number of hydrogen-bond acceptors (Lipinski definition) is 6. The van der Waals surface area contributed by atoms with Crippen molar-refractivity contribution in [1.29, 1.82) is 5.26 Å². The first-order valence-electron chi connectivity index (χ1n) is 9.86. The van der Waals surface area contributed by atoms with Gasteiger partial charge in [0.2, 0.25) is 5.91 Å². The van der Waals surface area contributed by atoms with Gasteiger partial charge >= 0.3 is 6.09 Å². The molecule has 2 fully saturated rings. The number of halogens is 2. The lowest BCUT2D eigenvalue weighted by Gasteiger charge is -2.25. The zero-order chi connectivity index (χ0) is 23.0. The van der Waals surface area contributed by atoms with Gasteiger partial charge in [0.05, 0.1) is 21.2 Å². The van der Waals surface area contributed by atoms with E-state index < -0.39 is 32.9 Å². The third kappa shape index (κ3) is 5.25. The van der Waals surface area contributed by atoms with E-state index in [1.54, 1.807) is 0 Å². The van der Waals surface area contributed by atoms with Crippen molar-refractivity contribution in [2.45, 2.75) is 61.4 Å². The Hall–Kier alpha value is -2.02. The lowest BCUT2D eigenvalue weighted by Crippen LogP contribution is -2.43. The summed E-state index contributed by atoms with van der Waals surface area (Å²) in [6.07, 6.45) is -0.798. The zero-order valence-corrected chi connectivity index (χ0v) is 19.4. The molecule has 1 saturated carbocycles. The molecule has 1 aliphatic heterocycles. The highest BCUT2D eigenvalue weighted by molar-refractivity contribution is 7.92. The van der Waals surface area contributed by atoms with E-state index in [0.29, 0.717) is 17.9 Å². The van der Waals surface area contributed by atoms with Gasteiger partial charge < -0.3 is 15.0 Å². The Labute approximate surface area is 191 Å². The molecule has 0 radical (unpaired) electrons. The minimum Gasteiger partial charge on any atom is -0.425 e. The molecule has 168 valence electrons. The van der Waals surface area contributed by atoms with Crippen molar-refractivity contribution in [3.8, 4) is 6.07 Å². The van der Waals surface area contributed by atoms with E-state index in [4.69, 9.17) is 33.2 Å². The smallest absolute Gasteiger partial charge is 0.410 e. The Balaban J connectivity index is 1.82. The maximum atomic E-state index is 13.2. The lowest BCUT2D eigenvalue weighted by atomic mass is 10.1. The molecule has 0 spiro atoms. The number of benzene rings is 1. The number of hydrogen-bond donors (Lipinski definition) is 1. The van der Waals surface area contributed by atoms with Crippen molar-refractivity contribution >= 4 is 45.0 Å². The number of alkyl carbamates (subject to hydrolysis) is 1. The van der Waals surface area contributed by atoms with Gasteiger partial charge in [-0.1, -0.05) is 37.0 Å². The first kappa shape index (κ1) is 23.6. The predicted molar refractivity (Wildman–Crippen MR) is 114 cm³/mol. The van der Waals surface area contributed by atoms with Crippen LogP contribution in [0.2, 0.25) is 10.0 Å². The van der Waals surface area contributed by atoms with Crippen LogP contribution in [0, 0.1) is 17.2 Å². The molecule has 0 aromatic heterocycles. The monoisotopic (exact) mass is 487 g/mol. The van der Waals surface area contributed by atoms with Crippen LogP contribution in [-0.4, -0.2) is 48.9 Å². The number of rotatable bonds is 6. The van der Waals surface area contributed by atoms with Gasteiger partial charge in [-0.3, -0.25) is 4.79 Å². The number of sulfone groups is 1. The van der Waals surface area contributed by atoms with Crippen molar-refractivity contribution in [3.05, 3.63) is 28.2 Å². The molecule has 3 rings (SSSR count). The fraction of sp³-hybridized carbons (Fsp3) is 0.550. The Bertz CT molecular complexity index is 1030. The average molecular weight is 488 g/mol. The van der Waals surface area contributed by atoms with E-state index in [9.17, 15) is 18.0 Å². The molecule has 1 aromatic rings. The Morgan fingerprint density at radius 1 is 1.35 bits per heavy atom. The van der Waals surface area contributed by atoms with Crippen LogP contribution in [0.25, 0.3) is 0 Å². The molecule has 2 atom stereocenters. The molecule has 2 aliphatic rings. The summed E-state index contributed by atoms with van der Waals surface area (Å²) in [5, 5.41) is 10.9. The largest absolute Gasteiger partial charge is 0.425 e. The number of amides is 2. The molecular weight excluding hydrogens is 465 g/mol. The summed E-state index contributed by atoms with van der Waals surface area (Å²) in [4.78, 5) is 26.2. The summed E-state index contributed by atoms with van der Waals surface area (Å²) in [5.41, 5.74) is -0.940. The van der Waals surface area contributed by atoms with Gasteiger partial charge in [-0.05, 0) is 37.0 Å². The summed E-state index contributed by atoms with van der Waals surface area (Å²) >= 11 is 12.0. The molecule has 1 aromatic carbocycles. The van der Waals surface area contributed by atoms with Crippen LogP contribution in [0.5, 0.6) is 0 Å². The van der Waals surface area contributed by atoms with Crippen LogP contribution in [0.4, 0.5) is 4.79 Å². The molecule has 1 saturated heterocycles. The van der Waals surface area contributed by atoms with E-state index in [1.165, 1.54) is 23.1 Å². The quantitative estimate of drug-likeness (QED) is 0.655. The highest BCUT2D eigenvalue weighted by Gasteiger charge is 2.48. The molecule has 1 heterocycles. The Morgan fingerprint density at radius 3 is 2.58 bits per heavy atom. The molecule has 0 bridgehead atoms. The number of nitriles is 1. The first-order valence-corrected chi connectivity index (χ1v) is 12.2. The van der Waals surface area contributed by atoms with Gasteiger partial charge in [0, 0.05) is 24.4 Å². The summed E-state index contributed by atoms with van der Waals surface area (Å²) in [6.45, 7) is 3.60. The standard InChI is InChI=1S/C20H23Cl2N3O5S/c1-12(2)7-17(26)25-10-14(31(28,29)16-4-3-13(21)8-15(16)22)9-18(25)30-19(27)24-20(11-23)5-6-20/h3-4,8,12,14,18H,5-7,9-10H2,1-2H3,(H,24,27)/t14-,18+/m1/s1. The highest BCUT2D eigenvalue weighted by Crippen LogP contribution is 2.36. The van der Waals surface area contributed by atoms with Gasteiger partial charge in [-0.2, -0.15) is 5.26 Å². The van der Waals surface area contributed by atoms with Gasteiger partial charge in [-0.25, -0.2) is 13.2 Å². The highest BCUT2D eigenvalue weighted by atomic mass is 35.5. The summed E-state index contributed by atoms with van der Waals surface area (Å²) in [5.74, 6) is -0.272. The second-order valence-corrected chi connectivity index (χ2v) is 11.3. The van der Waals surface area contributed by atoms with E-state index in [-0.39, 0.29) is 41.1 Å². The minimum atomic E-state index is -3.93. The minimum absolute atomic E-state index is 0.0145. The third-order valence-corrected chi connectivity index (χ3v) is 8.15. The number of ether oxygens (including phenoxy) is 1. The fourth-order valence-corrected chi connectivity index (χ4v) is 5.91. The Kier molecular flexibility index (Phi) is 6.75. The van der Waals surface area contributed by atoms with Crippen molar-refractivity contribution in [2.24, 2.45) is 5.92 Å². The number of nitrogens with zero attached hydrogens (tertiary/aromatic N) is 2. The van der Waals surface area contributed by atoms with Crippen molar-refractivity contribution in [2.75, 3.05) is 6.54 Å². The lowest BCUT2D eigenvalue weighted by molar-refractivity contribution is -0.138. The number of carbonyl (C=O) groups is 2. The second-order valence-electron chi connectivity index (χ2n) is 8.30. The second kappa shape index (κ2) is 8.85. The SMILES string of the molecule is CC(C)CC(=O)N1C[C@H](S(=O)(=O)c2ccc(Cl)cc2Cl)C[C@@H]1OC(=O)NC1(C#N)CC1. The van der Waals surface area contributed by atoms with E-state index in [0.717, 1.165) is 0 Å². The normalized spacial score (nSPS) is 22.1. The molecule has 8 nitrogen and oxygen atoms in total. The van der Waals surface area contributed by atoms with Gasteiger partial charge in [0.25, 0.3) is 0 Å². The van der Waals surface area contributed by atoms with Gasteiger partial charge in [-0.15, -0.1) is 0 Å². The summed E-state index contributed by atoms with van der Waals surface area (Å²) in [7, 11) is -3.93. The van der Waals surface area contributed by atoms with Gasteiger partial charge in [0.15, 0.2) is 16.1 Å². The van der Waals surface area contributed by atoms with Crippen LogP contribution in [0.1, 0.15) is 39.5 Å². The molecule has 1 N–H and O–H groups in total. The number of nitrogens with one attached hydrogen (secondary N) is 1. The molecular formula is C20H23Cl2N3O5S. The molecule has 0 unspecified atom stereocenters. The predicted octanol–water partition coefficient (Wildman–Crippen LogP) is 3.52. The van der Waals surface area contributed by atoms with Crippen LogP contribution >= 0.6 is 23.2 Å². The number of carbonyl (C=O) groups excluding carboxylic acids is 2. The third-order valence-electron chi connectivity index (χ3n) is 5.30. The van der Waals surface area contributed by atoms with Gasteiger partial charge in [0.1, 0.15) is 5.54 Å².